The summed E-state index contributed by atoms with van der Waals surface area (Å²) >= 11 is 0. The van der Waals surface area contributed by atoms with Crippen LogP contribution in [0, 0.1) is 0 Å². The summed E-state index contributed by atoms with van der Waals surface area (Å²) in [4.78, 5) is 0. The van der Waals surface area contributed by atoms with E-state index in [2.05, 4.69) is 0 Å². The van der Waals surface area contributed by atoms with Gasteiger partial charge in [0.05, 0.1) is 0 Å². The molecule has 0 aromatic heterocycles. The lowest BCUT2D eigenvalue weighted by molar-refractivity contribution is 0.0178. The maximum Gasteiger partial charge on any atom is 0.110 e. The van der Waals surface area contributed by atoms with E-state index in [4.69, 9.17) is 5.73 Å². The Bertz CT molecular complexity index is 826. The van der Waals surface area contributed by atoms with Gasteiger partial charge in [0.1, 0.15) is 12.2 Å². The average Bonchev–Trinajstić information content (AvgIpc) is 2.44. The third-order valence-corrected chi connectivity index (χ3v) is 4.06. The molecule has 0 fully saturated rings. The zero-order valence-electron chi connectivity index (χ0n) is 10.2. The highest BCUT2D eigenvalue weighted by molar-refractivity contribution is 6.15. The number of nitrogens with two attached hydrogens (primary N) is 1. The molecule has 4 rings (SSSR count). The number of nitrogen functional groups attached to an aromatic ring is 1. The smallest absolute Gasteiger partial charge is 0.110 e. The molecule has 0 radical (unpaired) electrons. The number of aliphatic hydroxyl groups is 2. The van der Waals surface area contributed by atoms with Gasteiger partial charge in [-0.25, -0.2) is 0 Å². The van der Waals surface area contributed by atoms with Crippen LogP contribution in [0.15, 0.2) is 42.5 Å². The molecule has 0 aliphatic heterocycles. The van der Waals surface area contributed by atoms with Crippen LogP contribution in [-0.2, 0) is 0 Å². The molecule has 19 heavy (non-hydrogen) atoms. The Balaban J connectivity index is 2.36. The normalized spacial score (nSPS) is 21.4. The number of anilines is 1. The highest BCUT2D eigenvalue weighted by atomic mass is 16.3. The molecule has 1 aliphatic carbocycles. The first-order chi connectivity index (χ1) is 9.18. The summed E-state index contributed by atoms with van der Waals surface area (Å²) in [6.45, 7) is 0. The second kappa shape index (κ2) is 3.47. The van der Waals surface area contributed by atoms with Crippen molar-refractivity contribution in [1.29, 1.82) is 0 Å². The Kier molecular flexibility index (Phi) is 1.97. The van der Waals surface area contributed by atoms with E-state index in [0.29, 0.717) is 5.69 Å². The molecular formula is C16H13NO2. The summed E-state index contributed by atoms with van der Waals surface area (Å²) < 4.78 is 0. The minimum absolute atomic E-state index is 0.694. The second-order valence-electron chi connectivity index (χ2n) is 5.07. The molecule has 0 heterocycles. The van der Waals surface area contributed by atoms with Crippen molar-refractivity contribution < 1.29 is 10.2 Å². The molecule has 2 atom stereocenters. The molecule has 0 spiro atoms. The van der Waals surface area contributed by atoms with Crippen LogP contribution in [0.1, 0.15) is 23.3 Å². The van der Waals surface area contributed by atoms with Gasteiger partial charge in [0.15, 0.2) is 0 Å². The minimum atomic E-state index is -0.899. The van der Waals surface area contributed by atoms with Crippen molar-refractivity contribution in [1.82, 2.24) is 0 Å². The van der Waals surface area contributed by atoms with Gasteiger partial charge in [0, 0.05) is 11.1 Å². The molecule has 0 saturated carbocycles. The van der Waals surface area contributed by atoms with Gasteiger partial charge >= 0.3 is 0 Å². The van der Waals surface area contributed by atoms with E-state index in [-0.39, 0.29) is 0 Å². The summed E-state index contributed by atoms with van der Waals surface area (Å²) in [5.74, 6) is 0. The lowest BCUT2D eigenvalue weighted by Crippen LogP contribution is -2.15. The Hall–Kier alpha value is -2.10. The van der Waals surface area contributed by atoms with E-state index < -0.39 is 12.2 Å². The number of aliphatic hydroxyl groups excluding tert-OH is 2. The van der Waals surface area contributed by atoms with Crippen molar-refractivity contribution in [3.05, 3.63) is 53.6 Å². The SMILES string of the molecule is Nc1ccc2c3c1ccc1cccc(c13)[C@H](O)[C@H]2O. The molecule has 3 aromatic carbocycles. The largest absolute Gasteiger partial charge is 0.398 e. The Morgan fingerprint density at radius 2 is 1.53 bits per heavy atom. The number of hydrogen-bond acceptors (Lipinski definition) is 3. The summed E-state index contributed by atoms with van der Waals surface area (Å²) in [7, 11) is 0. The van der Waals surface area contributed by atoms with E-state index in [0.717, 1.165) is 32.7 Å². The van der Waals surface area contributed by atoms with Crippen molar-refractivity contribution in [2.75, 3.05) is 5.73 Å². The van der Waals surface area contributed by atoms with E-state index in [1.54, 1.807) is 12.1 Å². The molecule has 0 amide bonds. The zero-order chi connectivity index (χ0) is 13.1. The lowest BCUT2D eigenvalue weighted by atomic mass is 9.82. The standard InChI is InChI=1S/C16H13NO2/c17-12-7-6-11-14-9(12)5-4-8-2-1-3-10(13(8)14)15(18)16(11)19/h1-7,15-16,18-19H,17H2/t15-,16-/m0/s1. The maximum absolute atomic E-state index is 10.3. The van der Waals surface area contributed by atoms with E-state index in [9.17, 15) is 10.2 Å². The molecule has 0 bridgehead atoms. The molecule has 94 valence electrons. The predicted molar refractivity (Wildman–Crippen MR) is 75.8 cm³/mol. The minimum Gasteiger partial charge on any atom is -0.398 e. The van der Waals surface area contributed by atoms with Crippen molar-refractivity contribution >= 4 is 27.2 Å². The third-order valence-electron chi connectivity index (χ3n) is 4.06. The Morgan fingerprint density at radius 1 is 0.789 bits per heavy atom. The van der Waals surface area contributed by atoms with Gasteiger partial charge < -0.3 is 15.9 Å². The highest BCUT2D eigenvalue weighted by Crippen LogP contribution is 2.45. The van der Waals surface area contributed by atoms with Crippen molar-refractivity contribution in [3.63, 3.8) is 0 Å². The summed E-state index contributed by atoms with van der Waals surface area (Å²) in [5.41, 5.74) is 8.24. The van der Waals surface area contributed by atoms with E-state index in [1.165, 1.54) is 0 Å². The quantitative estimate of drug-likeness (QED) is 0.425. The molecule has 0 saturated heterocycles. The molecule has 0 unspecified atom stereocenters. The molecule has 3 aromatic rings. The van der Waals surface area contributed by atoms with Crippen LogP contribution in [0.3, 0.4) is 0 Å². The van der Waals surface area contributed by atoms with Gasteiger partial charge in [-0.3, -0.25) is 0 Å². The van der Waals surface area contributed by atoms with Gasteiger partial charge in [0.2, 0.25) is 0 Å². The second-order valence-corrected chi connectivity index (χ2v) is 5.07. The highest BCUT2D eigenvalue weighted by Gasteiger charge is 2.29. The Labute approximate surface area is 109 Å². The summed E-state index contributed by atoms with van der Waals surface area (Å²) in [5, 5.41) is 24.5. The third kappa shape index (κ3) is 1.23. The zero-order valence-corrected chi connectivity index (χ0v) is 10.2. The maximum atomic E-state index is 10.3. The fourth-order valence-electron chi connectivity index (χ4n) is 3.13. The number of rotatable bonds is 0. The monoisotopic (exact) mass is 251 g/mol. The fourth-order valence-corrected chi connectivity index (χ4v) is 3.13. The van der Waals surface area contributed by atoms with Gasteiger partial charge in [0.25, 0.3) is 0 Å². The van der Waals surface area contributed by atoms with Crippen LogP contribution in [0.25, 0.3) is 21.5 Å². The van der Waals surface area contributed by atoms with Crippen molar-refractivity contribution in [2.45, 2.75) is 12.2 Å². The van der Waals surface area contributed by atoms with Crippen LogP contribution >= 0.6 is 0 Å². The number of benzene rings is 3. The molecule has 1 aliphatic rings. The molecule has 3 heteroatoms. The molecule has 4 N–H and O–H groups in total. The topological polar surface area (TPSA) is 66.5 Å². The Morgan fingerprint density at radius 3 is 2.32 bits per heavy atom. The van der Waals surface area contributed by atoms with Crippen molar-refractivity contribution in [2.24, 2.45) is 0 Å². The van der Waals surface area contributed by atoms with Crippen LogP contribution < -0.4 is 5.73 Å². The van der Waals surface area contributed by atoms with E-state index >= 15 is 0 Å². The van der Waals surface area contributed by atoms with Crippen molar-refractivity contribution in [3.8, 4) is 0 Å². The fraction of sp³-hybridized carbons (Fsp3) is 0.125. The lowest BCUT2D eigenvalue weighted by Gasteiger charge is -2.28. The van der Waals surface area contributed by atoms with Gasteiger partial charge in [-0.15, -0.1) is 0 Å². The summed E-state index contributed by atoms with van der Waals surface area (Å²) in [6, 6.07) is 13.3. The number of hydrogen-bond donors (Lipinski definition) is 3. The van der Waals surface area contributed by atoms with E-state index in [1.807, 2.05) is 30.3 Å². The van der Waals surface area contributed by atoms with Gasteiger partial charge in [-0.05, 0) is 33.4 Å². The van der Waals surface area contributed by atoms with Crippen LogP contribution in [0.4, 0.5) is 5.69 Å². The summed E-state index contributed by atoms with van der Waals surface area (Å²) in [6.07, 6.45) is -1.78. The average molecular weight is 251 g/mol. The first-order valence-electron chi connectivity index (χ1n) is 6.28. The molecule has 3 nitrogen and oxygen atoms in total. The van der Waals surface area contributed by atoms with Crippen LogP contribution in [0.2, 0.25) is 0 Å². The van der Waals surface area contributed by atoms with Crippen LogP contribution in [0.5, 0.6) is 0 Å². The molecular weight excluding hydrogens is 238 g/mol. The van der Waals surface area contributed by atoms with Gasteiger partial charge in [-0.1, -0.05) is 36.4 Å². The van der Waals surface area contributed by atoms with Crippen LogP contribution in [-0.4, -0.2) is 10.2 Å². The first kappa shape index (κ1) is 10.8. The predicted octanol–water partition coefficient (Wildman–Crippen LogP) is 2.66. The first-order valence-corrected chi connectivity index (χ1v) is 6.28. The van der Waals surface area contributed by atoms with Gasteiger partial charge in [-0.2, -0.15) is 0 Å².